The zero-order valence-electron chi connectivity index (χ0n) is 6.54. The molecule has 0 fully saturated rings. The van der Waals surface area contributed by atoms with Crippen molar-refractivity contribution in [2.75, 3.05) is 0 Å². The van der Waals surface area contributed by atoms with Gasteiger partial charge >= 0.3 is 0 Å². The zero-order chi connectivity index (χ0) is 9.26. The Morgan fingerprint density at radius 3 is 2.77 bits per heavy atom. The fourth-order valence-electron chi connectivity index (χ4n) is 1.08. The Labute approximate surface area is 89.4 Å². The van der Waals surface area contributed by atoms with Crippen LogP contribution in [0.15, 0.2) is 40.0 Å². The summed E-state index contributed by atoms with van der Waals surface area (Å²) in [4.78, 5) is 0. The Balaban J connectivity index is 2.42. The van der Waals surface area contributed by atoms with E-state index >= 15 is 0 Å². The molecule has 1 radical (unpaired) electrons. The second-order valence-corrected chi connectivity index (χ2v) is 3.84. The average Bonchev–Trinajstić information content (AvgIpc) is 2.51. The van der Waals surface area contributed by atoms with E-state index in [2.05, 4.69) is 26.5 Å². The topological polar surface area (TPSA) is 26.5 Å². The molecular weight excluding hydrogens is 251 g/mol. The molecule has 0 saturated heterocycles. The van der Waals surface area contributed by atoms with E-state index < -0.39 is 0 Å². The van der Waals surface area contributed by atoms with Crippen molar-refractivity contribution in [2.45, 2.75) is 0 Å². The fourth-order valence-corrected chi connectivity index (χ4v) is 1.67. The first-order valence-electron chi connectivity index (χ1n) is 3.67. The molecule has 0 amide bonds. The molecule has 0 atom stereocenters. The highest BCUT2D eigenvalue weighted by molar-refractivity contribution is 9.12. The molecule has 2 nitrogen and oxygen atoms in total. The highest BCUT2D eigenvalue weighted by Gasteiger charge is 2.12. The van der Waals surface area contributed by atoms with Gasteiger partial charge in [-0.1, -0.05) is 23.7 Å². The molecule has 0 bridgehead atoms. The van der Waals surface area contributed by atoms with E-state index in [1.165, 1.54) is 0 Å². The maximum Gasteiger partial charge on any atom is 0.109 e. The third-order valence-electron chi connectivity index (χ3n) is 1.65. The maximum atomic E-state index is 5.85. The molecule has 65 valence electrons. The Kier molecular flexibility index (Phi) is 2.38. The number of benzene rings is 1. The van der Waals surface area contributed by atoms with Gasteiger partial charge in [0.1, 0.15) is 5.71 Å². The van der Waals surface area contributed by atoms with Gasteiger partial charge in [0.25, 0.3) is 0 Å². The molecule has 0 saturated carbocycles. The molecule has 1 aliphatic heterocycles. The average molecular weight is 257 g/mol. The molecule has 1 aromatic carbocycles. The number of hydrogen-bond acceptors (Lipinski definition) is 1. The summed E-state index contributed by atoms with van der Waals surface area (Å²) in [5, 5.41) is 4.67. The molecule has 0 N–H and O–H groups in total. The minimum atomic E-state index is 0.701. The SMILES string of the molecule is Clc1cccc(C2=N[N]C=C2Br)c1. The monoisotopic (exact) mass is 255 g/mol. The summed E-state index contributed by atoms with van der Waals surface area (Å²) in [6.45, 7) is 0. The van der Waals surface area contributed by atoms with Gasteiger partial charge in [0.2, 0.25) is 0 Å². The molecule has 4 heteroatoms. The van der Waals surface area contributed by atoms with E-state index in [1.807, 2.05) is 24.3 Å². The van der Waals surface area contributed by atoms with E-state index in [1.54, 1.807) is 6.20 Å². The van der Waals surface area contributed by atoms with Gasteiger partial charge in [0, 0.05) is 10.6 Å². The summed E-state index contributed by atoms with van der Waals surface area (Å²) < 4.78 is 0.884. The lowest BCUT2D eigenvalue weighted by molar-refractivity contribution is 0.972. The first-order chi connectivity index (χ1) is 6.27. The molecule has 13 heavy (non-hydrogen) atoms. The van der Waals surface area contributed by atoms with Crippen molar-refractivity contribution in [1.29, 1.82) is 0 Å². The Hall–Kier alpha value is -0.800. The number of allylic oxidation sites excluding steroid dienone is 1. The lowest BCUT2D eigenvalue weighted by Gasteiger charge is -1.99. The van der Waals surface area contributed by atoms with Crippen LogP contribution in [-0.4, -0.2) is 5.71 Å². The first-order valence-corrected chi connectivity index (χ1v) is 4.84. The van der Waals surface area contributed by atoms with Gasteiger partial charge in [-0.15, -0.1) is 5.10 Å². The smallest absolute Gasteiger partial charge is 0.109 e. The van der Waals surface area contributed by atoms with Gasteiger partial charge in [-0.25, -0.2) is 0 Å². The summed E-state index contributed by atoms with van der Waals surface area (Å²) in [5.74, 6) is 0. The Morgan fingerprint density at radius 1 is 1.31 bits per heavy atom. The van der Waals surface area contributed by atoms with Crippen molar-refractivity contribution < 1.29 is 0 Å². The van der Waals surface area contributed by atoms with Gasteiger partial charge < -0.3 is 0 Å². The Morgan fingerprint density at radius 2 is 2.15 bits per heavy atom. The summed E-state index contributed by atoms with van der Waals surface area (Å²) >= 11 is 9.21. The van der Waals surface area contributed by atoms with Crippen molar-refractivity contribution in [3.05, 3.63) is 45.5 Å². The molecular formula is C9H5BrClN2. The van der Waals surface area contributed by atoms with Crippen LogP contribution in [0, 0.1) is 0 Å². The lowest BCUT2D eigenvalue weighted by Crippen LogP contribution is -1.97. The molecule has 0 unspecified atom stereocenters. The highest BCUT2D eigenvalue weighted by Crippen LogP contribution is 2.20. The molecule has 0 spiro atoms. The van der Waals surface area contributed by atoms with Crippen LogP contribution in [0.25, 0.3) is 0 Å². The van der Waals surface area contributed by atoms with E-state index in [9.17, 15) is 0 Å². The van der Waals surface area contributed by atoms with Crippen molar-refractivity contribution in [3.8, 4) is 0 Å². The van der Waals surface area contributed by atoms with Crippen molar-refractivity contribution in [3.63, 3.8) is 0 Å². The Bertz CT molecular complexity index is 398. The summed E-state index contributed by atoms with van der Waals surface area (Å²) in [6.07, 6.45) is 1.66. The van der Waals surface area contributed by atoms with Gasteiger partial charge in [-0.05, 0) is 28.1 Å². The maximum absolute atomic E-state index is 5.85. The number of rotatable bonds is 1. The van der Waals surface area contributed by atoms with E-state index in [-0.39, 0.29) is 0 Å². The van der Waals surface area contributed by atoms with Gasteiger partial charge in [-0.3, -0.25) is 0 Å². The third-order valence-corrected chi connectivity index (χ3v) is 2.47. The normalized spacial score (nSPS) is 14.9. The fraction of sp³-hybridized carbons (Fsp3) is 0. The molecule has 2 rings (SSSR count). The zero-order valence-corrected chi connectivity index (χ0v) is 8.88. The van der Waals surface area contributed by atoms with Crippen LogP contribution in [0.5, 0.6) is 0 Å². The first kappa shape index (κ1) is 8.78. The van der Waals surface area contributed by atoms with E-state index in [0.29, 0.717) is 5.02 Å². The lowest BCUT2D eigenvalue weighted by atomic mass is 10.1. The van der Waals surface area contributed by atoms with Crippen LogP contribution in [0.1, 0.15) is 5.56 Å². The summed E-state index contributed by atoms with van der Waals surface area (Å²) in [5.41, 5.74) is 5.58. The van der Waals surface area contributed by atoms with Crippen molar-refractivity contribution >= 4 is 33.2 Å². The summed E-state index contributed by atoms with van der Waals surface area (Å²) in [7, 11) is 0. The second-order valence-electron chi connectivity index (χ2n) is 2.55. The minimum Gasteiger partial charge on any atom is -0.157 e. The standard InChI is InChI=1S/C9H5BrClN2/c10-8-5-12-13-9(8)6-2-1-3-7(11)4-6/h1-5H. The molecule has 0 aliphatic carbocycles. The third kappa shape index (κ3) is 1.76. The van der Waals surface area contributed by atoms with Crippen LogP contribution in [0.3, 0.4) is 0 Å². The minimum absolute atomic E-state index is 0.701. The van der Waals surface area contributed by atoms with Crippen LogP contribution in [0.2, 0.25) is 5.02 Å². The number of nitrogens with zero attached hydrogens (tertiary/aromatic N) is 2. The quantitative estimate of drug-likeness (QED) is 0.739. The highest BCUT2D eigenvalue weighted by atomic mass is 79.9. The van der Waals surface area contributed by atoms with Gasteiger partial charge in [0.05, 0.1) is 10.7 Å². The van der Waals surface area contributed by atoms with Crippen LogP contribution in [0.4, 0.5) is 0 Å². The van der Waals surface area contributed by atoms with Gasteiger partial charge in [-0.2, -0.15) is 5.43 Å². The van der Waals surface area contributed by atoms with Crippen LogP contribution >= 0.6 is 27.5 Å². The molecule has 0 aromatic heterocycles. The largest absolute Gasteiger partial charge is 0.157 e. The number of halogens is 2. The summed E-state index contributed by atoms with van der Waals surface area (Å²) in [6, 6.07) is 7.52. The van der Waals surface area contributed by atoms with Crippen LogP contribution < -0.4 is 5.43 Å². The molecule has 1 aliphatic rings. The van der Waals surface area contributed by atoms with Crippen LogP contribution in [-0.2, 0) is 0 Å². The van der Waals surface area contributed by atoms with Crippen molar-refractivity contribution in [1.82, 2.24) is 5.43 Å². The van der Waals surface area contributed by atoms with Gasteiger partial charge in [0.15, 0.2) is 0 Å². The predicted molar refractivity (Wildman–Crippen MR) is 57.1 cm³/mol. The predicted octanol–water partition coefficient (Wildman–Crippen LogP) is 2.90. The van der Waals surface area contributed by atoms with E-state index in [4.69, 9.17) is 11.6 Å². The molecule has 1 aromatic rings. The second kappa shape index (κ2) is 3.52. The van der Waals surface area contributed by atoms with Crippen molar-refractivity contribution in [2.24, 2.45) is 5.10 Å². The number of hydrogen-bond donors (Lipinski definition) is 0. The van der Waals surface area contributed by atoms with E-state index in [0.717, 1.165) is 15.8 Å². The molecule has 1 heterocycles.